The molecule has 0 spiro atoms. The van der Waals surface area contributed by atoms with Crippen molar-refractivity contribution in [3.8, 4) is 0 Å². The Bertz CT molecular complexity index is 481. The first-order valence-corrected chi connectivity index (χ1v) is 5.97. The Morgan fingerprint density at radius 1 is 1.56 bits per heavy atom. The maximum atomic E-state index is 11.1. The van der Waals surface area contributed by atoms with Gasteiger partial charge in [-0.1, -0.05) is 0 Å². The molecule has 1 aromatic heterocycles. The molecule has 1 N–H and O–H groups in total. The summed E-state index contributed by atoms with van der Waals surface area (Å²) in [4.78, 5) is 12.6. The molecule has 0 amide bonds. The molecule has 7 nitrogen and oxygen atoms in total. The summed E-state index contributed by atoms with van der Waals surface area (Å²) in [6.45, 7) is 4.49. The highest BCUT2D eigenvalue weighted by Crippen LogP contribution is 2.34. The highest BCUT2D eigenvalue weighted by atomic mass is 16.6. The molecule has 100 valence electrons. The molecule has 7 heteroatoms. The Balaban J connectivity index is 2.41. The molecule has 18 heavy (non-hydrogen) atoms. The van der Waals surface area contributed by atoms with Crippen LogP contribution in [0.2, 0.25) is 0 Å². The molecule has 0 radical (unpaired) electrons. The lowest BCUT2D eigenvalue weighted by Gasteiger charge is -2.37. The third-order valence-electron chi connectivity index (χ3n) is 3.32. The van der Waals surface area contributed by atoms with E-state index in [0.717, 1.165) is 6.42 Å². The fraction of sp³-hybridized carbons (Fsp3) is 0.727. The Morgan fingerprint density at radius 2 is 2.22 bits per heavy atom. The summed E-state index contributed by atoms with van der Waals surface area (Å²) in [6, 6.07) is 0. The van der Waals surface area contributed by atoms with Crippen LogP contribution in [0.25, 0.3) is 0 Å². The molecule has 1 aliphatic rings. The van der Waals surface area contributed by atoms with Crippen molar-refractivity contribution in [2.24, 2.45) is 7.05 Å². The van der Waals surface area contributed by atoms with Crippen LogP contribution >= 0.6 is 0 Å². The summed E-state index contributed by atoms with van der Waals surface area (Å²) in [5, 5.41) is 25.3. The van der Waals surface area contributed by atoms with E-state index in [1.54, 1.807) is 20.9 Å². The smallest absolute Gasteiger partial charge is 0.333 e. The monoisotopic (exact) mass is 254 g/mol. The number of nitro groups is 1. The second-order valence-electron chi connectivity index (χ2n) is 5.16. The molecular formula is C11H18N4O3. The molecular weight excluding hydrogens is 236 g/mol. The van der Waals surface area contributed by atoms with Gasteiger partial charge in [0.05, 0.1) is 10.5 Å². The van der Waals surface area contributed by atoms with Crippen LogP contribution in [0.4, 0.5) is 11.5 Å². The highest BCUT2D eigenvalue weighted by Gasteiger charge is 2.35. The number of aromatic nitrogens is 2. The van der Waals surface area contributed by atoms with Crippen molar-refractivity contribution < 1.29 is 10.0 Å². The topological polar surface area (TPSA) is 84.4 Å². The second kappa shape index (κ2) is 4.24. The minimum absolute atomic E-state index is 0.0372. The number of hydrogen-bond acceptors (Lipinski definition) is 5. The zero-order valence-electron chi connectivity index (χ0n) is 10.9. The SMILES string of the molecule is Cc1nn(C)c(N2CCCC(C)(O)C2)c1[N+](=O)[O-]. The fourth-order valence-electron chi connectivity index (χ4n) is 2.60. The van der Waals surface area contributed by atoms with Crippen molar-refractivity contribution in [1.29, 1.82) is 0 Å². The van der Waals surface area contributed by atoms with E-state index in [1.165, 1.54) is 4.68 Å². The van der Waals surface area contributed by atoms with E-state index < -0.39 is 10.5 Å². The Labute approximate surface area is 105 Å². The van der Waals surface area contributed by atoms with Crippen molar-refractivity contribution in [2.75, 3.05) is 18.0 Å². The Kier molecular flexibility index (Phi) is 3.02. The van der Waals surface area contributed by atoms with Gasteiger partial charge in [0.15, 0.2) is 0 Å². The standard InChI is InChI=1S/C11H18N4O3/c1-8-9(15(17)18)10(13(3)12-8)14-6-4-5-11(2,16)7-14/h16H,4-7H2,1-3H3. The van der Waals surface area contributed by atoms with E-state index in [9.17, 15) is 15.2 Å². The van der Waals surface area contributed by atoms with E-state index in [0.29, 0.717) is 31.0 Å². The Hall–Kier alpha value is -1.63. The van der Waals surface area contributed by atoms with Gasteiger partial charge in [0, 0.05) is 20.1 Å². The summed E-state index contributed by atoms with van der Waals surface area (Å²) in [6.07, 6.45) is 1.53. The van der Waals surface area contributed by atoms with Crippen molar-refractivity contribution in [1.82, 2.24) is 9.78 Å². The molecule has 2 heterocycles. The van der Waals surface area contributed by atoms with E-state index in [4.69, 9.17) is 0 Å². The quantitative estimate of drug-likeness (QED) is 0.628. The lowest BCUT2D eigenvalue weighted by Crippen LogP contribution is -2.47. The first-order valence-electron chi connectivity index (χ1n) is 5.97. The van der Waals surface area contributed by atoms with Crippen LogP contribution < -0.4 is 4.90 Å². The summed E-state index contributed by atoms with van der Waals surface area (Å²) >= 11 is 0. The van der Waals surface area contributed by atoms with Gasteiger partial charge in [-0.05, 0) is 26.7 Å². The summed E-state index contributed by atoms with van der Waals surface area (Å²) in [5.74, 6) is 0.484. The van der Waals surface area contributed by atoms with Crippen LogP contribution in [-0.2, 0) is 7.05 Å². The van der Waals surface area contributed by atoms with Gasteiger partial charge in [0.25, 0.3) is 0 Å². The van der Waals surface area contributed by atoms with Gasteiger partial charge in [-0.25, -0.2) is 4.68 Å². The van der Waals surface area contributed by atoms with Gasteiger partial charge in [-0.15, -0.1) is 0 Å². The lowest BCUT2D eigenvalue weighted by molar-refractivity contribution is -0.384. The van der Waals surface area contributed by atoms with Gasteiger partial charge in [-0.2, -0.15) is 5.10 Å². The zero-order valence-corrected chi connectivity index (χ0v) is 10.9. The molecule has 1 aliphatic heterocycles. The van der Waals surface area contributed by atoms with E-state index in [-0.39, 0.29) is 5.69 Å². The maximum absolute atomic E-state index is 11.1. The Morgan fingerprint density at radius 3 is 2.78 bits per heavy atom. The molecule has 0 bridgehead atoms. The summed E-state index contributed by atoms with van der Waals surface area (Å²) in [5.41, 5.74) is -0.359. The number of anilines is 1. The average Bonchev–Trinajstić information content (AvgIpc) is 2.51. The predicted octanol–water partition coefficient (Wildman–Crippen LogP) is 0.988. The molecule has 0 saturated carbocycles. The van der Waals surface area contributed by atoms with Crippen LogP contribution in [0, 0.1) is 17.0 Å². The lowest BCUT2D eigenvalue weighted by atomic mass is 9.95. The molecule has 0 aromatic carbocycles. The number of aliphatic hydroxyl groups is 1. The average molecular weight is 254 g/mol. The van der Waals surface area contributed by atoms with E-state index in [2.05, 4.69) is 5.10 Å². The predicted molar refractivity (Wildman–Crippen MR) is 66.7 cm³/mol. The normalized spacial score (nSPS) is 24.3. The van der Waals surface area contributed by atoms with Crippen LogP contribution in [0.1, 0.15) is 25.5 Å². The molecule has 1 unspecified atom stereocenters. The first kappa shape index (κ1) is 12.8. The summed E-state index contributed by atoms with van der Waals surface area (Å²) in [7, 11) is 1.69. The van der Waals surface area contributed by atoms with Gasteiger partial charge in [-0.3, -0.25) is 10.1 Å². The highest BCUT2D eigenvalue weighted by molar-refractivity contribution is 5.61. The van der Waals surface area contributed by atoms with Gasteiger partial charge < -0.3 is 10.0 Å². The third-order valence-corrected chi connectivity index (χ3v) is 3.32. The van der Waals surface area contributed by atoms with E-state index in [1.807, 2.05) is 4.90 Å². The van der Waals surface area contributed by atoms with Crippen LogP contribution in [0.5, 0.6) is 0 Å². The van der Waals surface area contributed by atoms with Gasteiger partial charge in [0.2, 0.25) is 5.82 Å². The molecule has 1 atom stereocenters. The fourth-order valence-corrected chi connectivity index (χ4v) is 2.60. The number of rotatable bonds is 2. The van der Waals surface area contributed by atoms with Crippen LogP contribution in [-0.4, -0.2) is 38.5 Å². The van der Waals surface area contributed by atoms with Crippen LogP contribution in [0.15, 0.2) is 0 Å². The van der Waals surface area contributed by atoms with Crippen LogP contribution in [0.3, 0.4) is 0 Å². The molecule has 1 aromatic rings. The number of nitrogens with zero attached hydrogens (tertiary/aromatic N) is 4. The van der Waals surface area contributed by atoms with Gasteiger partial charge >= 0.3 is 5.69 Å². The van der Waals surface area contributed by atoms with Crippen molar-refractivity contribution in [3.05, 3.63) is 15.8 Å². The van der Waals surface area contributed by atoms with Crippen molar-refractivity contribution in [3.63, 3.8) is 0 Å². The maximum Gasteiger partial charge on any atom is 0.333 e. The largest absolute Gasteiger partial charge is 0.388 e. The number of hydrogen-bond donors (Lipinski definition) is 1. The molecule has 1 fully saturated rings. The first-order chi connectivity index (χ1) is 8.32. The molecule has 0 aliphatic carbocycles. The molecule has 2 rings (SSSR count). The second-order valence-corrected chi connectivity index (χ2v) is 5.16. The van der Waals surface area contributed by atoms with E-state index >= 15 is 0 Å². The summed E-state index contributed by atoms with van der Waals surface area (Å²) < 4.78 is 1.52. The molecule has 1 saturated heterocycles. The van der Waals surface area contributed by atoms with Crippen molar-refractivity contribution in [2.45, 2.75) is 32.3 Å². The zero-order chi connectivity index (χ0) is 13.5. The number of β-amino-alcohol motifs (C(OH)–C–C–N with tert-alkyl or cyclic N) is 1. The minimum Gasteiger partial charge on any atom is -0.388 e. The third kappa shape index (κ3) is 2.17. The number of piperidine rings is 1. The minimum atomic E-state index is -0.801. The number of aryl methyl sites for hydroxylation is 2. The van der Waals surface area contributed by atoms with Crippen molar-refractivity contribution >= 4 is 11.5 Å². The van der Waals surface area contributed by atoms with Gasteiger partial charge in [0.1, 0.15) is 5.69 Å².